The number of carbonyl (C=O) groups is 1. The highest BCUT2D eigenvalue weighted by Crippen LogP contribution is 2.64. The fourth-order valence-electron chi connectivity index (χ4n) is 4.39. The lowest BCUT2D eigenvalue weighted by atomic mass is 9.49. The van der Waals surface area contributed by atoms with Crippen LogP contribution in [0.4, 0.5) is 0 Å². The van der Waals surface area contributed by atoms with Gasteiger partial charge >= 0.3 is 0 Å². The third kappa shape index (κ3) is 1.17. The summed E-state index contributed by atoms with van der Waals surface area (Å²) >= 11 is 2.52. The van der Waals surface area contributed by atoms with E-state index in [1.54, 1.807) is 0 Å². The highest BCUT2D eigenvalue weighted by atomic mass is 127. The van der Waals surface area contributed by atoms with Crippen LogP contribution in [0.15, 0.2) is 0 Å². The van der Waals surface area contributed by atoms with Gasteiger partial charge in [0.1, 0.15) is 0 Å². The number of halogens is 1. The molecule has 4 bridgehead atoms. The minimum absolute atomic E-state index is 0.294. The molecule has 4 atom stereocenters. The topological polar surface area (TPSA) is 40.1 Å². The molecule has 2 unspecified atom stereocenters. The number of carboxylic acids is 1. The maximum Gasteiger partial charge on any atom is 0.0476 e. The van der Waals surface area contributed by atoms with E-state index >= 15 is 0 Å². The van der Waals surface area contributed by atoms with Crippen molar-refractivity contribution >= 4 is 28.6 Å². The molecule has 14 heavy (non-hydrogen) atoms. The summed E-state index contributed by atoms with van der Waals surface area (Å²) in [4.78, 5) is 11.3. The number of carbonyl (C=O) groups excluding carboxylic acids is 1. The van der Waals surface area contributed by atoms with E-state index in [2.05, 4.69) is 22.6 Å². The van der Waals surface area contributed by atoms with E-state index in [0.29, 0.717) is 15.3 Å². The van der Waals surface area contributed by atoms with Crippen molar-refractivity contribution in [2.45, 2.75) is 41.9 Å². The molecular weight excluding hydrogens is 291 g/mol. The Morgan fingerprint density at radius 2 is 1.79 bits per heavy atom. The monoisotopic (exact) mass is 305 g/mol. The van der Waals surface area contributed by atoms with Crippen LogP contribution in [0, 0.1) is 17.3 Å². The van der Waals surface area contributed by atoms with Crippen LogP contribution in [0.1, 0.15) is 38.5 Å². The second kappa shape index (κ2) is 2.66. The lowest BCUT2D eigenvalue weighted by Gasteiger charge is -2.60. The zero-order valence-corrected chi connectivity index (χ0v) is 10.2. The fraction of sp³-hybridized carbons (Fsp3) is 0.909. The first kappa shape index (κ1) is 9.43. The molecule has 0 aromatic rings. The smallest absolute Gasteiger partial charge is 0.0476 e. The molecule has 0 radical (unpaired) electrons. The van der Waals surface area contributed by atoms with Gasteiger partial charge in [0, 0.05) is 14.8 Å². The van der Waals surface area contributed by atoms with E-state index in [9.17, 15) is 9.90 Å². The van der Waals surface area contributed by atoms with Crippen LogP contribution in [-0.4, -0.2) is 9.39 Å². The van der Waals surface area contributed by atoms with Gasteiger partial charge in [-0.2, -0.15) is 0 Å². The van der Waals surface area contributed by atoms with Gasteiger partial charge in [0.2, 0.25) is 0 Å². The lowest BCUT2D eigenvalue weighted by molar-refractivity contribution is -0.326. The minimum atomic E-state index is -0.771. The first-order chi connectivity index (χ1) is 6.51. The quantitative estimate of drug-likeness (QED) is 0.544. The van der Waals surface area contributed by atoms with Gasteiger partial charge in [-0.1, -0.05) is 22.6 Å². The summed E-state index contributed by atoms with van der Waals surface area (Å²) in [5.74, 6) is 0.574. The summed E-state index contributed by atoms with van der Waals surface area (Å²) < 4.78 is 0.294. The Balaban J connectivity index is 2.00. The zero-order chi connectivity index (χ0) is 9.97. The Kier molecular flexibility index (Phi) is 1.79. The molecule has 0 aliphatic heterocycles. The predicted molar refractivity (Wildman–Crippen MR) is 58.9 cm³/mol. The Bertz CT molecular complexity index is 286. The van der Waals surface area contributed by atoms with Crippen molar-refractivity contribution in [2.24, 2.45) is 17.3 Å². The van der Waals surface area contributed by atoms with Crippen LogP contribution in [0.3, 0.4) is 0 Å². The SMILES string of the molecule is O=C([O-])C12C[C@@H]3C[C@@H](CC(I)(C3)C1)C2. The van der Waals surface area contributed by atoms with Crippen molar-refractivity contribution in [1.29, 1.82) is 0 Å². The van der Waals surface area contributed by atoms with Gasteiger partial charge < -0.3 is 9.90 Å². The Morgan fingerprint density at radius 1 is 1.21 bits per heavy atom. The molecule has 4 aliphatic rings. The number of aliphatic carboxylic acids is 1. The molecule has 4 fully saturated rings. The lowest BCUT2D eigenvalue weighted by Crippen LogP contribution is -2.58. The van der Waals surface area contributed by atoms with E-state index in [1.807, 2.05) is 0 Å². The maximum atomic E-state index is 11.3. The van der Waals surface area contributed by atoms with Crippen LogP contribution in [0.2, 0.25) is 0 Å². The van der Waals surface area contributed by atoms with Gasteiger partial charge in [0.25, 0.3) is 0 Å². The summed E-state index contributed by atoms with van der Waals surface area (Å²) in [6, 6.07) is 0. The second-order valence-electron chi connectivity index (χ2n) is 5.68. The van der Waals surface area contributed by atoms with Crippen molar-refractivity contribution < 1.29 is 9.90 Å². The molecular formula is C11H14IO2-. The van der Waals surface area contributed by atoms with Gasteiger partial charge in [-0.15, -0.1) is 0 Å². The molecule has 0 heterocycles. The molecule has 0 aromatic carbocycles. The average molecular weight is 305 g/mol. The summed E-state index contributed by atoms with van der Waals surface area (Å²) in [5.41, 5.74) is -0.439. The van der Waals surface area contributed by atoms with E-state index in [1.165, 1.54) is 19.3 Å². The van der Waals surface area contributed by atoms with Crippen LogP contribution in [-0.2, 0) is 4.79 Å². The van der Waals surface area contributed by atoms with Gasteiger partial charge in [-0.3, -0.25) is 0 Å². The molecule has 0 amide bonds. The van der Waals surface area contributed by atoms with Crippen LogP contribution in [0.25, 0.3) is 0 Å². The summed E-state index contributed by atoms with van der Waals surface area (Å²) in [6.07, 6.45) is 6.45. The Labute approximate surface area is 97.6 Å². The molecule has 0 N–H and O–H groups in total. The van der Waals surface area contributed by atoms with Crippen LogP contribution in [0.5, 0.6) is 0 Å². The van der Waals surface area contributed by atoms with E-state index in [-0.39, 0.29) is 0 Å². The van der Waals surface area contributed by atoms with Gasteiger partial charge in [0.05, 0.1) is 0 Å². The highest BCUT2D eigenvalue weighted by Gasteiger charge is 2.57. The molecule has 78 valence electrons. The number of hydrogen-bond donors (Lipinski definition) is 0. The minimum Gasteiger partial charge on any atom is -0.550 e. The molecule has 2 nitrogen and oxygen atoms in total. The molecule has 0 aromatic heterocycles. The molecule has 4 saturated carbocycles. The van der Waals surface area contributed by atoms with E-state index in [0.717, 1.165) is 19.3 Å². The third-order valence-corrected chi connectivity index (χ3v) is 5.68. The summed E-state index contributed by atoms with van der Waals surface area (Å²) in [5, 5.41) is 11.3. The average Bonchev–Trinajstić information content (AvgIpc) is 1.98. The normalized spacial score (nSPS) is 54.9. The van der Waals surface area contributed by atoms with Gasteiger partial charge in [-0.05, 0) is 50.4 Å². The van der Waals surface area contributed by atoms with Crippen molar-refractivity contribution in [3.05, 3.63) is 0 Å². The van der Waals surface area contributed by atoms with Gasteiger partial charge in [0.15, 0.2) is 0 Å². The Hall–Kier alpha value is 0.200. The molecule has 3 heteroatoms. The van der Waals surface area contributed by atoms with Gasteiger partial charge in [-0.25, -0.2) is 0 Å². The standard InChI is InChI=1S/C11H15IO2/c12-11-4-7-1-8(5-11)3-10(2-7,6-11)9(13)14/h7-8H,1-6H2,(H,13,14)/p-1/t7-,8+,10?,11?. The second-order valence-corrected chi connectivity index (χ2v) is 7.97. The van der Waals surface area contributed by atoms with Crippen molar-refractivity contribution in [1.82, 2.24) is 0 Å². The van der Waals surface area contributed by atoms with Crippen LogP contribution >= 0.6 is 22.6 Å². The zero-order valence-electron chi connectivity index (χ0n) is 8.09. The van der Waals surface area contributed by atoms with Crippen molar-refractivity contribution in [2.75, 3.05) is 0 Å². The first-order valence-electron chi connectivity index (χ1n) is 5.42. The van der Waals surface area contributed by atoms with Crippen LogP contribution < -0.4 is 5.11 Å². The fourth-order valence-corrected chi connectivity index (χ4v) is 6.37. The number of alkyl halides is 1. The third-order valence-electron chi connectivity index (χ3n) is 4.42. The van der Waals surface area contributed by atoms with E-state index < -0.39 is 11.4 Å². The first-order valence-corrected chi connectivity index (χ1v) is 6.50. The number of rotatable bonds is 1. The number of carboxylic acid groups (broad SMARTS) is 1. The molecule has 4 aliphatic carbocycles. The molecule has 4 rings (SSSR count). The molecule has 0 saturated heterocycles. The maximum absolute atomic E-state index is 11.3. The Morgan fingerprint density at radius 3 is 2.21 bits per heavy atom. The highest BCUT2D eigenvalue weighted by molar-refractivity contribution is 14.1. The van der Waals surface area contributed by atoms with E-state index in [4.69, 9.17) is 0 Å². The number of hydrogen-bond acceptors (Lipinski definition) is 2. The van der Waals surface area contributed by atoms with Crippen molar-refractivity contribution in [3.63, 3.8) is 0 Å². The largest absolute Gasteiger partial charge is 0.550 e. The summed E-state index contributed by atoms with van der Waals surface area (Å²) in [6.45, 7) is 0. The summed E-state index contributed by atoms with van der Waals surface area (Å²) in [7, 11) is 0. The molecule has 0 spiro atoms. The van der Waals surface area contributed by atoms with Crippen molar-refractivity contribution in [3.8, 4) is 0 Å². The predicted octanol–water partition coefficient (Wildman–Crippen LogP) is 1.51.